The number of aryl methyl sites for hydroxylation is 1. The Morgan fingerprint density at radius 2 is 2.07 bits per heavy atom. The molecule has 1 aliphatic rings. The van der Waals surface area contributed by atoms with Crippen LogP contribution in [0.25, 0.3) is 5.82 Å². The molecule has 0 bridgehead atoms. The first kappa shape index (κ1) is 27.8. The van der Waals surface area contributed by atoms with Crippen molar-refractivity contribution >= 4 is 28.9 Å². The molecule has 6 N–H and O–H groups in total. The molecule has 1 aliphatic carbocycles. The molecule has 4 aromatic rings. The Labute approximate surface area is 235 Å². The van der Waals surface area contributed by atoms with Crippen molar-refractivity contribution in [1.82, 2.24) is 35.3 Å². The minimum Gasteiger partial charge on any atom is -0.397 e. The Hall–Kier alpha value is -4.72. The fourth-order valence-corrected chi connectivity index (χ4v) is 5.17. The van der Waals surface area contributed by atoms with Gasteiger partial charge in [-0.25, -0.2) is 24.6 Å². The smallest absolute Gasteiger partial charge is 0.252 e. The number of aromatic amines is 1. The van der Waals surface area contributed by atoms with E-state index in [0.717, 1.165) is 17.5 Å². The number of anilines is 3. The summed E-state index contributed by atoms with van der Waals surface area (Å²) in [5.41, 5.74) is 15.9. The summed E-state index contributed by atoms with van der Waals surface area (Å²) in [4.78, 5) is 22.6. The number of pyridine rings is 2. The average Bonchev–Trinajstić information content (AvgIpc) is 3.60. The number of halogens is 1. The normalized spacial score (nSPS) is 19.5. The van der Waals surface area contributed by atoms with Crippen LogP contribution in [0.2, 0.25) is 0 Å². The second-order valence-electron chi connectivity index (χ2n) is 10.2. The minimum atomic E-state index is -1.02. The minimum absolute atomic E-state index is 0.0681. The lowest BCUT2D eigenvalue weighted by atomic mass is 9.76. The maximum atomic E-state index is 13.5. The number of nitrogens with one attached hydrogen (secondary N) is 4. The van der Waals surface area contributed by atoms with Gasteiger partial charge in [0.2, 0.25) is 0 Å². The van der Waals surface area contributed by atoms with Gasteiger partial charge < -0.3 is 21.1 Å². The van der Waals surface area contributed by atoms with Gasteiger partial charge in [0.25, 0.3) is 5.91 Å². The van der Waals surface area contributed by atoms with E-state index in [1.807, 2.05) is 26.0 Å². The topological polar surface area (TPSA) is 185 Å². The van der Waals surface area contributed by atoms with Crippen LogP contribution in [-0.2, 0) is 9.53 Å². The van der Waals surface area contributed by atoms with Crippen LogP contribution in [0.15, 0.2) is 48.0 Å². The maximum Gasteiger partial charge on any atom is 0.252 e. The molecule has 13 nitrogen and oxygen atoms in total. The molecule has 0 aromatic carbocycles. The highest BCUT2D eigenvalue weighted by Crippen LogP contribution is 2.44. The Bertz CT molecular complexity index is 1540. The number of nitrogens with zero attached hydrogens (tertiary/aromatic N) is 6. The zero-order chi connectivity index (χ0) is 29.1. The Morgan fingerprint density at radius 1 is 1.29 bits per heavy atom. The molecular weight excluding hydrogens is 529 g/mol. The molecule has 0 spiro atoms. The van der Waals surface area contributed by atoms with Gasteiger partial charge in [-0.05, 0) is 51.2 Å². The van der Waals surface area contributed by atoms with E-state index in [4.69, 9.17) is 21.0 Å². The van der Waals surface area contributed by atoms with Gasteiger partial charge in [0.15, 0.2) is 17.5 Å². The zero-order valence-corrected chi connectivity index (χ0v) is 23.0. The van der Waals surface area contributed by atoms with Gasteiger partial charge in [-0.2, -0.15) is 15.3 Å². The van der Waals surface area contributed by atoms with E-state index in [1.54, 1.807) is 25.4 Å². The molecule has 1 amide bonds. The number of rotatable bonds is 9. The molecule has 0 unspecified atom stereocenters. The number of carbonyl (C=O) groups excluding carboxylic acids is 1. The number of methoxy groups -OCH3 is 1. The summed E-state index contributed by atoms with van der Waals surface area (Å²) < 4.78 is 20.4. The molecule has 0 radical (unpaired) electrons. The van der Waals surface area contributed by atoms with Crippen molar-refractivity contribution in [3.8, 4) is 5.82 Å². The third kappa shape index (κ3) is 5.77. The molecule has 1 atom stereocenters. The van der Waals surface area contributed by atoms with Crippen molar-refractivity contribution in [2.45, 2.75) is 57.1 Å². The third-order valence-corrected chi connectivity index (χ3v) is 7.51. The molecule has 4 heterocycles. The van der Waals surface area contributed by atoms with Gasteiger partial charge in [-0.15, -0.1) is 0 Å². The lowest BCUT2D eigenvalue weighted by molar-refractivity contribution is -0.148. The van der Waals surface area contributed by atoms with Crippen molar-refractivity contribution in [2.75, 3.05) is 18.2 Å². The number of carbonyl (C=O) groups is 1. The lowest BCUT2D eigenvalue weighted by Crippen LogP contribution is -2.50. The van der Waals surface area contributed by atoms with Crippen LogP contribution in [0.1, 0.15) is 61.5 Å². The van der Waals surface area contributed by atoms with E-state index in [0.29, 0.717) is 60.2 Å². The highest BCUT2D eigenvalue weighted by molar-refractivity contribution is 5.85. The second-order valence-corrected chi connectivity index (χ2v) is 10.2. The van der Waals surface area contributed by atoms with Gasteiger partial charge in [0, 0.05) is 37.1 Å². The Kier molecular flexibility index (Phi) is 7.75. The van der Waals surface area contributed by atoms with E-state index < -0.39 is 11.4 Å². The highest BCUT2D eigenvalue weighted by atomic mass is 19.1. The van der Waals surface area contributed by atoms with Crippen molar-refractivity contribution in [3.63, 3.8) is 0 Å². The summed E-state index contributed by atoms with van der Waals surface area (Å²) in [7, 11) is 1.54. The largest absolute Gasteiger partial charge is 0.397 e. The van der Waals surface area contributed by atoms with Gasteiger partial charge in [-0.1, -0.05) is 6.07 Å². The number of hydrogen-bond donors (Lipinski definition) is 5. The second kappa shape index (κ2) is 11.4. The van der Waals surface area contributed by atoms with Gasteiger partial charge in [0.05, 0.1) is 29.8 Å². The van der Waals surface area contributed by atoms with Crippen LogP contribution in [0.3, 0.4) is 0 Å². The Balaban J connectivity index is 1.27. The summed E-state index contributed by atoms with van der Waals surface area (Å²) in [6.45, 7) is 3.76. The lowest BCUT2D eigenvalue weighted by Gasteiger charge is -2.38. The van der Waals surface area contributed by atoms with Crippen molar-refractivity contribution in [3.05, 3.63) is 65.6 Å². The first-order valence-corrected chi connectivity index (χ1v) is 13.2. The van der Waals surface area contributed by atoms with E-state index >= 15 is 0 Å². The average molecular weight is 562 g/mol. The predicted molar refractivity (Wildman–Crippen MR) is 149 cm³/mol. The number of amides is 1. The number of nitrogens with two attached hydrogens (primary N) is 1. The number of ether oxygens (including phenoxy) is 1. The fraction of sp³-hybridized carbons (Fsp3) is 0.370. The van der Waals surface area contributed by atoms with E-state index in [-0.39, 0.29) is 17.9 Å². The van der Waals surface area contributed by atoms with Crippen LogP contribution in [0.4, 0.5) is 27.4 Å². The van der Waals surface area contributed by atoms with Crippen LogP contribution < -0.4 is 16.4 Å². The summed E-state index contributed by atoms with van der Waals surface area (Å²) >= 11 is 0. The number of nitrogen functional groups attached to an aromatic ring is 1. The third-order valence-electron chi connectivity index (χ3n) is 7.51. The van der Waals surface area contributed by atoms with Crippen LogP contribution in [-0.4, -0.2) is 48.6 Å². The molecular formula is C27H32FN11O2. The first-order chi connectivity index (χ1) is 19.7. The maximum absolute atomic E-state index is 13.5. The number of H-pyrrole nitrogens is 1. The van der Waals surface area contributed by atoms with Crippen LogP contribution in [0, 0.1) is 18.3 Å². The summed E-state index contributed by atoms with van der Waals surface area (Å²) in [6, 6.07) is 6.67. The quantitative estimate of drug-likeness (QED) is 0.181. The molecule has 1 fully saturated rings. The Morgan fingerprint density at radius 3 is 2.66 bits per heavy atom. The summed E-state index contributed by atoms with van der Waals surface area (Å²) in [6.07, 6.45) is 6.06. The molecule has 1 saturated carbocycles. The van der Waals surface area contributed by atoms with E-state index in [9.17, 15) is 9.18 Å². The van der Waals surface area contributed by atoms with Crippen molar-refractivity contribution in [1.29, 1.82) is 5.53 Å². The van der Waals surface area contributed by atoms with Crippen molar-refractivity contribution in [2.24, 2.45) is 5.11 Å². The summed E-state index contributed by atoms with van der Waals surface area (Å²) in [5.74, 6) is 0.837. The summed E-state index contributed by atoms with van der Waals surface area (Å²) in [5, 5.41) is 20.8. The highest BCUT2D eigenvalue weighted by Gasteiger charge is 2.43. The fourth-order valence-electron chi connectivity index (χ4n) is 5.17. The van der Waals surface area contributed by atoms with Crippen molar-refractivity contribution < 1.29 is 13.9 Å². The molecule has 0 saturated heterocycles. The molecule has 41 heavy (non-hydrogen) atoms. The molecule has 4 aromatic heterocycles. The van der Waals surface area contributed by atoms with Gasteiger partial charge in [-0.3, -0.25) is 9.89 Å². The molecule has 5 rings (SSSR count). The van der Waals surface area contributed by atoms with Crippen LogP contribution >= 0.6 is 0 Å². The monoisotopic (exact) mass is 561 g/mol. The molecule has 14 heteroatoms. The van der Waals surface area contributed by atoms with Gasteiger partial charge in [0.1, 0.15) is 17.1 Å². The van der Waals surface area contributed by atoms with E-state index in [2.05, 4.69) is 36.0 Å². The van der Waals surface area contributed by atoms with E-state index in [1.165, 1.54) is 10.9 Å². The molecule has 0 aliphatic heterocycles. The number of hydrogen-bond acceptors (Lipinski definition) is 10. The molecule has 214 valence electrons. The predicted octanol–water partition coefficient (Wildman–Crippen LogP) is 4.74. The zero-order valence-electron chi connectivity index (χ0n) is 23.0. The van der Waals surface area contributed by atoms with Gasteiger partial charge >= 0.3 is 0 Å². The van der Waals surface area contributed by atoms with Crippen LogP contribution in [0.5, 0.6) is 0 Å². The number of aromatic nitrogens is 6. The SMILES string of the molecule is CO[C@]1(C(=O)N[C@@H](C)c2ccc(-n3cc(F)cn3)nc2)CC[C@H](c2nc(Nc3cc(C)[nH]n3)cc(N)c2N=N)CC1. The standard InChI is InChI=1S/C27H32FN11O2/c1-15-10-22(38-37-15)34-21-11-20(29)25(36-30)24(35-21)17-6-8-27(41-3,9-7-17)26(40)33-16(2)18-4-5-23(31-12-18)39-14-19(28)13-32-39/h4-5,10-14,16-17,30H,6-9H2,1-3H3,(H,33,40)(H4,29,34,35,37,38)/t16-,17-,27+/m0/s1. The first-order valence-electron chi connectivity index (χ1n) is 13.2.